The van der Waals surface area contributed by atoms with Gasteiger partial charge in [-0.2, -0.15) is 0 Å². The molecule has 0 fully saturated rings. The van der Waals surface area contributed by atoms with Gasteiger partial charge in [0, 0.05) is 21.1 Å². The van der Waals surface area contributed by atoms with E-state index in [1.165, 1.54) is 11.8 Å². The van der Waals surface area contributed by atoms with E-state index in [9.17, 15) is 4.79 Å². The molecule has 0 radical (unpaired) electrons. The first-order chi connectivity index (χ1) is 14.4. The standard InChI is InChI=1S/C21H20Br2N4O2S/c1-4-8-27-20(14-6-5-7-15(11-14)29-3)25-26-21(27)30-12-18(28)24-19-16(22)9-13(2)10-17(19)23/h4-7,9-11H,1,8,12H2,2-3H3,(H,24,28). The van der Waals surface area contributed by atoms with Crippen LogP contribution in [0.5, 0.6) is 5.75 Å². The molecular weight excluding hydrogens is 532 g/mol. The van der Waals surface area contributed by atoms with E-state index in [-0.39, 0.29) is 11.7 Å². The summed E-state index contributed by atoms with van der Waals surface area (Å²) in [7, 11) is 1.62. The number of thioether (sulfide) groups is 1. The van der Waals surface area contributed by atoms with Crippen LogP contribution < -0.4 is 10.1 Å². The molecule has 0 aliphatic rings. The molecule has 0 saturated heterocycles. The lowest BCUT2D eigenvalue weighted by Gasteiger charge is -2.11. The molecule has 0 atom stereocenters. The van der Waals surface area contributed by atoms with Crippen LogP contribution in [0, 0.1) is 6.92 Å². The number of methoxy groups -OCH3 is 1. The van der Waals surface area contributed by atoms with E-state index in [0.717, 1.165) is 25.8 Å². The van der Waals surface area contributed by atoms with Crippen molar-refractivity contribution in [3.63, 3.8) is 0 Å². The van der Waals surface area contributed by atoms with Crippen molar-refractivity contribution in [2.45, 2.75) is 18.6 Å². The van der Waals surface area contributed by atoms with Crippen LogP contribution in [0.15, 0.2) is 63.2 Å². The summed E-state index contributed by atoms with van der Waals surface area (Å²) in [5, 5.41) is 12.2. The van der Waals surface area contributed by atoms with Crippen LogP contribution in [0.4, 0.5) is 5.69 Å². The number of nitrogens with zero attached hydrogens (tertiary/aromatic N) is 3. The van der Waals surface area contributed by atoms with Crippen LogP contribution >= 0.6 is 43.6 Å². The van der Waals surface area contributed by atoms with Crippen molar-refractivity contribution < 1.29 is 9.53 Å². The maximum atomic E-state index is 12.5. The van der Waals surface area contributed by atoms with Crippen LogP contribution in [0.3, 0.4) is 0 Å². The lowest BCUT2D eigenvalue weighted by Crippen LogP contribution is -2.15. The number of allylic oxidation sites excluding steroid dienone is 1. The van der Waals surface area contributed by atoms with Crippen LogP contribution in [-0.2, 0) is 11.3 Å². The van der Waals surface area contributed by atoms with Crippen molar-refractivity contribution in [2.24, 2.45) is 0 Å². The molecule has 3 aromatic rings. The van der Waals surface area contributed by atoms with Crippen molar-refractivity contribution >= 4 is 55.2 Å². The zero-order valence-corrected chi connectivity index (χ0v) is 20.5. The Morgan fingerprint density at radius 2 is 2.00 bits per heavy atom. The molecule has 1 heterocycles. The highest BCUT2D eigenvalue weighted by molar-refractivity contribution is 9.11. The second kappa shape index (κ2) is 10.3. The summed E-state index contributed by atoms with van der Waals surface area (Å²) < 4.78 is 8.87. The fourth-order valence-corrected chi connectivity index (χ4v) is 5.15. The average Bonchev–Trinajstić information content (AvgIpc) is 3.12. The van der Waals surface area contributed by atoms with Gasteiger partial charge in [0.15, 0.2) is 11.0 Å². The summed E-state index contributed by atoms with van der Waals surface area (Å²) in [4.78, 5) is 12.5. The Morgan fingerprint density at radius 3 is 2.67 bits per heavy atom. The molecule has 1 amide bonds. The predicted molar refractivity (Wildman–Crippen MR) is 128 cm³/mol. The number of benzene rings is 2. The number of ether oxygens (including phenoxy) is 1. The molecule has 9 heteroatoms. The maximum absolute atomic E-state index is 12.5. The number of hydrogen-bond acceptors (Lipinski definition) is 5. The molecule has 0 spiro atoms. The molecule has 2 aromatic carbocycles. The van der Waals surface area contributed by atoms with Gasteiger partial charge in [-0.15, -0.1) is 16.8 Å². The molecule has 6 nitrogen and oxygen atoms in total. The smallest absolute Gasteiger partial charge is 0.234 e. The lowest BCUT2D eigenvalue weighted by molar-refractivity contribution is -0.113. The summed E-state index contributed by atoms with van der Waals surface area (Å²) in [5.41, 5.74) is 2.67. The Kier molecular flexibility index (Phi) is 7.74. The highest BCUT2D eigenvalue weighted by Gasteiger charge is 2.16. The third kappa shape index (κ3) is 5.33. The highest BCUT2D eigenvalue weighted by atomic mass is 79.9. The van der Waals surface area contributed by atoms with Crippen molar-refractivity contribution in [3.05, 3.63) is 63.6 Å². The van der Waals surface area contributed by atoms with Crippen molar-refractivity contribution in [1.82, 2.24) is 14.8 Å². The minimum absolute atomic E-state index is 0.138. The SMILES string of the molecule is C=CCn1c(SCC(=O)Nc2c(Br)cc(C)cc2Br)nnc1-c1cccc(OC)c1. The molecule has 1 aromatic heterocycles. The van der Waals surface area contributed by atoms with E-state index >= 15 is 0 Å². The summed E-state index contributed by atoms with van der Waals surface area (Å²) in [6.07, 6.45) is 1.78. The molecule has 0 aliphatic carbocycles. The Labute approximate surface area is 196 Å². The second-order valence-corrected chi connectivity index (χ2v) is 9.03. The van der Waals surface area contributed by atoms with Gasteiger partial charge < -0.3 is 10.1 Å². The molecule has 30 heavy (non-hydrogen) atoms. The van der Waals surface area contributed by atoms with E-state index in [0.29, 0.717) is 23.2 Å². The van der Waals surface area contributed by atoms with Gasteiger partial charge in [-0.3, -0.25) is 9.36 Å². The lowest BCUT2D eigenvalue weighted by atomic mass is 10.2. The number of rotatable bonds is 8. The molecule has 1 N–H and O–H groups in total. The first-order valence-corrected chi connectivity index (χ1v) is 11.6. The van der Waals surface area contributed by atoms with E-state index in [2.05, 4.69) is 54.0 Å². The largest absolute Gasteiger partial charge is 0.497 e. The highest BCUT2D eigenvalue weighted by Crippen LogP contribution is 2.33. The quantitative estimate of drug-likeness (QED) is 0.287. The second-order valence-electron chi connectivity index (χ2n) is 6.38. The van der Waals surface area contributed by atoms with Gasteiger partial charge in [-0.05, 0) is 68.6 Å². The van der Waals surface area contributed by atoms with Gasteiger partial charge in [0.2, 0.25) is 5.91 Å². The number of halogens is 2. The fourth-order valence-electron chi connectivity index (χ4n) is 2.79. The number of aryl methyl sites for hydroxylation is 1. The number of carbonyl (C=O) groups excluding carboxylic acids is 1. The number of nitrogens with one attached hydrogen (secondary N) is 1. The minimum Gasteiger partial charge on any atom is -0.497 e. The van der Waals surface area contributed by atoms with E-state index in [4.69, 9.17) is 4.74 Å². The van der Waals surface area contributed by atoms with Gasteiger partial charge in [0.1, 0.15) is 5.75 Å². The Hall–Kier alpha value is -2.10. The number of aromatic nitrogens is 3. The number of hydrogen-bond donors (Lipinski definition) is 1. The zero-order chi connectivity index (χ0) is 21.7. The number of carbonyl (C=O) groups is 1. The normalized spacial score (nSPS) is 10.7. The first-order valence-electron chi connectivity index (χ1n) is 8.99. The Bertz CT molecular complexity index is 1060. The molecule has 0 saturated carbocycles. The van der Waals surface area contributed by atoms with Crippen LogP contribution in [0.2, 0.25) is 0 Å². The van der Waals surface area contributed by atoms with Gasteiger partial charge in [0.05, 0.1) is 18.6 Å². The van der Waals surface area contributed by atoms with E-state index < -0.39 is 0 Å². The summed E-state index contributed by atoms with van der Waals surface area (Å²) in [6.45, 7) is 6.34. The van der Waals surface area contributed by atoms with Crippen LogP contribution in [-0.4, -0.2) is 33.5 Å². The fraction of sp³-hybridized carbons (Fsp3) is 0.190. The molecule has 3 rings (SSSR count). The van der Waals surface area contributed by atoms with Crippen LogP contribution in [0.1, 0.15) is 5.56 Å². The summed E-state index contributed by atoms with van der Waals surface area (Å²) in [6, 6.07) is 11.5. The molecule has 0 aliphatic heterocycles. The number of amides is 1. The average molecular weight is 552 g/mol. The topological polar surface area (TPSA) is 69.0 Å². The monoisotopic (exact) mass is 550 g/mol. The van der Waals surface area contributed by atoms with Gasteiger partial charge in [-0.1, -0.05) is 30.0 Å². The third-order valence-corrected chi connectivity index (χ3v) is 6.36. The Balaban J connectivity index is 1.76. The third-order valence-electron chi connectivity index (χ3n) is 4.14. The molecule has 0 unspecified atom stereocenters. The van der Waals surface area contributed by atoms with Crippen molar-refractivity contribution in [2.75, 3.05) is 18.2 Å². The summed E-state index contributed by atoms with van der Waals surface area (Å²) >= 11 is 8.31. The number of anilines is 1. The zero-order valence-electron chi connectivity index (χ0n) is 16.5. The van der Waals surface area contributed by atoms with E-state index in [1.54, 1.807) is 13.2 Å². The maximum Gasteiger partial charge on any atom is 0.234 e. The summed E-state index contributed by atoms with van der Waals surface area (Å²) in [5.74, 6) is 1.49. The minimum atomic E-state index is -0.138. The molecular formula is C21H20Br2N4O2S. The van der Waals surface area contributed by atoms with Gasteiger partial charge >= 0.3 is 0 Å². The molecule has 156 valence electrons. The van der Waals surface area contributed by atoms with Crippen molar-refractivity contribution in [3.8, 4) is 17.1 Å². The van der Waals surface area contributed by atoms with Gasteiger partial charge in [-0.25, -0.2) is 0 Å². The van der Waals surface area contributed by atoms with Crippen molar-refractivity contribution in [1.29, 1.82) is 0 Å². The Morgan fingerprint density at radius 1 is 1.27 bits per heavy atom. The first kappa shape index (κ1) is 22.6. The van der Waals surface area contributed by atoms with E-state index in [1.807, 2.05) is 47.9 Å². The van der Waals surface area contributed by atoms with Gasteiger partial charge in [0.25, 0.3) is 0 Å². The molecule has 0 bridgehead atoms. The van der Waals surface area contributed by atoms with Crippen LogP contribution in [0.25, 0.3) is 11.4 Å². The predicted octanol–water partition coefficient (Wildman–Crippen LogP) is 5.70.